The van der Waals surface area contributed by atoms with Crippen molar-refractivity contribution in [2.24, 2.45) is 0 Å². The van der Waals surface area contributed by atoms with E-state index >= 15 is 0 Å². The second-order valence-electron chi connectivity index (χ2n) is 5.31. The maximum Gasteiger partial charge on any atom is 0.409 e. The van der Waals surface area contributed by atoms with Gasteiger partial charge in [0.25, 0.3) is 10.0 Å². The fourth-order valence-electron chi connectivity index (χ4n) is 2.33. The van der Waals surface area contributed by atoms with Crippen molar-refractivity contribution in [2.45, 2.75) is 17.1 Å². The molecule has 0 aliphatic carbocycles. The first-order valence-electron chi connectivity index (χ1n) is 7.25. The number of hydrogen-bond acceptors (Lipinski definition) is 4. The molecular weight excluding hydrogens is 355 g/mol. The van der Waals surface area contributed by atoms with Crippen LogP contribution in [0, 0.1) is 0 Å². The summed E-state index contributed by atoms with van der Waals surface area (Å²) < 4.78 is 64.0. The zero-order valence-electron chi connectivity index (χ0n) is 12.7. The zero-order valence-corrected chi connectivity index (χ0v) is 13.6. The highest BCUT2D eigenvalue weighted by Crippen LogP contribution is 2.30. The Bertz CT molecular complexity index is 869. The van der Waals surface area contributed by atoms with Crippen LogP contribution in [0.2, 0.25) is 0 Å². The Hall–Kier alpha value is -2.36. The van der Waals surface area contributed by atoms with E-state index in [1.165, 1.54) is 24.3 Å². The van der Waals surface area contributed by atoms with Crippen molar-refractivity contribution >= 4 is 15.7 Å². The van der Waals surface area contributed by atoms with E-state index in [0.717, 1.165) is 11.2 Å². The zero-order chi connectivity index (χ0) is 18.1. The molecular formula is C16H14F3N3O2S. The maximum absolute atomic E-state index is 13.1. The van der Waals surface area contributed by atoms with Crippen molar-refractivity contribution in [3.8, 4) is 0 Å². The lowest BCUT2D eigenvalue weighted by Crippen LogP contribution is -2.51. The van der Waals surface area contributed by atoms with Crippen molar-refractivity contribution < 1.29 is 21.6 Å². The number of nitrogens with one attached hydrogen (secondary N) is 2. The lowest BCUT2D eigenvalue weighted by molar-refractivity contribution is -0.150. The van der Waals surface area contributed by atoms with Crippen LogP contribution in [0.1, 0.15) is 5.56 Å². The van der Waals surface area contributed by atoms with Gasteiger partial charge in [0.05, 0.1) is 10.6 Å². The van der Waals surface area contributed by atoms with Crippen molar-refractivity contribution in [2.75, 3.05) is 0 Å². The molecule has 2 aromatic rings. The van der Waals surface area contributed by atoms with Gasteiger partial charge >= 0.3 is 6.18 Å². The van der Waals surface area contributed by atoms with E-state index in [1.807, 2.05) is 0 Å². The molecule has 132 valence electrons. The first-order chi connectivity index (χ1) is 11.8. The van der Waals surface area contributed by atoms with Gasteiger partial charge in [-0.1, -0.05) is 48.5 Å². The molecule has 0 fully saturated rings. The smallest absolute Gasteiger partial charge is 0.226 e. The summed E-state index contributed by atoms with van der Waals surface area (Å²) in [5, 5.41) is 0.788. The minimum absolute atomic E-state index is 0.0559. The van der Waals surface area contributed by atoms with Crippen molar-refractivity contribution in [3.63, 3.8) is 0 Å². The molecule has 1 aliphatic rings. The number of rotatable bonds is 4. The molecule has 1 unspecified atom stereocenters. The number of hydrazine groups is 2. The van der Waals surface area contributed by atoms with Gasteiger partial charge in [0.1, 0.15) is 6.04 Å². The van der Waals surface area contributed by atoms with Crippen LogP contribution in [-0.2, 0) is 10.0 Å². The fraction of sp³-hybridized carbons (Fsp3) is 0.125. The standard InChI is InChI=1S/C16H14F3N3O2S/c17-16(18,19)15-11-14(12-7-3-1-4-8-12)22(20-15)21-25(23,24)13-9-5-2-6-10-13/h1-11,15,20-21H. The number of benzene rings is 2. The molecule has 2 aromatic carbocycles. The molecule has 0 radical (unpaired) electrons. The van der Waals surface area contributed by atoms with Crippen LogP contribution in [0.25, 0.3) is 5.70 Å². The quantitative estimate of drug-likeness (QED) is 0.870. The van der Waals surface area contributed by atoms with Gasteiger partial charge in [-0.3, -0.25) is 0 Å². The number of nitrogens with zero attached hydrogens (tertiary/aromatic N) is 1. The number of hydrogen-bond donors (Lipinski definition) is 2. The van der Waals surface area contributed by atoms with Crippen molar-refractivity contribution in [1.29, 1.82) is 0 Å². The molecule has 1 heterocycles. The monoisotopic (exact) mass is 369 g/mol. The maximum atomic E-state index is 13.1. The minimum Gasteiger partial charge on any atom is -0.226 e. The highest BCUT2D eigenvalue weighted by molar-refractivity contribution is 7.89. The summed E-state index contributed by atoms with van der Waals surface area (Å²) in [6, 6.07) is 13.6. The van der Waals surface area contributed by atoms with Gasteiger partial charge in [-0.25, -0.2) is 19.0 Å². The number of alkyl halides is 3. The Morgan fingerprint density at radius 2 is 1.52 bits per heavy atom. The van der Waals surface area contributed by atoms with E-state index in [0.29, 0.717) is 5.56 Å². The Kier molecular flexibility index (Phi) is 4.55. The van der Waals surface area contributed by atoms with E-state index in [9.17, 15) is 21.6 Å². The lowest BCUT2D eigenvalue weighted by atomic mass is 10.1. The van der Waals surface area contributed by atoms with Gasteiger partial charge in [0.2, 0.25) is 0 Å². The van der Waals surface area contributed by atoms with Crippen molar-refractivity contribution in [3.05, 3.63) is 72.3 Å². The normalized spacial score (nSPS) is 18.3. The van der Waals surface area contributed by atoms with Crippen molar-refractivity contribution in [1.82, 2.24) is 15.4 Å². The predicted molar refractivity (Wildman–Crippen MR) is 86.0 cm³/mol. The molecule has 0 amide bonds. The summed E-state index contributed by atoms with van der Waals surface area (Å²) in [6.45, 7) is 0. The molecule has 1 atom stereocenters. The molecule has 1 aliphatic heterocycles. The van der Waals surface area contributed by atoms with Gasteiger partial charge in [-0.2, -0.15) is 13.2 Å². The van der Waals surface area contributed by atoms with Crippen LogP contribution in [0.15, 0.2) is 71.6 Å². The Balaban J connectivity index is 1.93. The summed E-state index contributed by atoms with van der Waals surface area (Å²) >= 11 is 0. The average molecular weight is 369 g/mol. The highest BCUT2D eigenvalue weighted by atomic mass is 32.2. The molecule has 0 spiro atoms. The summed E-state index contributed by atoms with van der Waals surface area (Å²) in [5.74, 6) is 0. The van der Waals surface area contributed by atoms with Gasteiger partial charge in [-0.05, 0) is 18.2 Å². The van der Waals surface area contributed by atoms with Gasteiger partial charge in [-0.15, -0.1) is 4.83 Å². The molecule has 5 nitrogen and oxygen atoms in total. The third kappa shape index (κ3) is 3.84. The summed E-state index contributed by atoms with van der Waals surface area (Å²) in [7, 11) is -4.05. The Morgan fingerprint density at radius 1 is 0.960 bits per heavy atom. The third-order valence-electron chi connectivity index (χ3n) is 3.52. The Labute approximate surface area is 142 Å². The van der Waals surface area contributed by atoms with Gasteiger partial charge < -0.3 is 0 Å². The average Bonchev–Trinajstić information content (AvgIpc) is 3.00. The first kappa shape index (κ1) is 17.5. The molecule has 0 bridgehead atoms. The van der Waals surface area contributed by atoms with Crippen LogP contribution in [0.4, 0.5) is 13.2 Å². The number of sulfonamides is 1. The van der Waals surface area contributed by atoms with E-state index in [1.54, 1.807) is 36.4 Å². The molecule has 0 aromatic heterocycles. The highest BCUT2D eigenvalue weighted by Gasteiger charge is 2.44. The molecule has 9 heteroatoms. The van der Waals surface area contributed by atoms with Gasteiger partial charge in [0, 0.05) is 5.56 Å². The molecule has 0 saturated heterocycles. The summed E-state index contributed by atoms with van der Waals surface area (Å²) in [5.41, 5.74) is 2.64. The molecule has 25 heavy (non-hydrogen) atoms. The second-order valence-corrected chi connectivity index (χ2v) is 6.97. The fourth-order valence-corrected chi connectivity index (χ4v) is 3.34. The lowest BCUT2D eigenvalue weighted by Gasteiger charge is -2.25. The molecule has 0 saturated carbocycles. The summed E-state index contributed by atoms with van der Waals surface area (Å²) in [4.78, 5) is 2.09. The Morgan fingerprint density at radius 3 is 2.08 bits per heavy atom. The van der Waals surface area contributed by atoms with Crippen LogP contribution in [0.5, 0.6) is 0 Å². The second kappa shape index (κ2) is 6.51. The summed E-state index contributed by atoms with van der Waals surface area (Å²) in [6.07, 6.45) is -3.63. The van der Waals surface area contributed by atoms with Crippen LogP contribution < -0.4 is 10.3 Å². The predicted octanol–water partition coefficient (Wildman–Crippen LogP) is 2.67. The largest absolute Gasteiger partial charge is 0.409 e. The number of halogens is 3. The van der Waals surface area contributed by atoms with E-state index in [-0.39, 0.29) is 10.6 Å². The van der Waals surface area contributed by atoms with E-state index in [2.05, 4.69) is 10.3 Å². The van der Waals surface area contributed by atoms with E-state index < -0.39 is 22.2 Å². The van der Waals surface area contributed by atoms with Crippen LogP contribution in [-0.4, -0.2) is 25.8 Å². The van der Waals surface area contributed by atoms with Gasteiger partial charge in [0.15, 0.2) is 0 Å². The van der Waals surface area contributed by atoms with Crippen LogP contribution in [0.3, 0.4) is 0 Å². The molecule has 3 rings (SSSR count). The first-order valence-corrected chi connectivity index (χ1v) is 8.73. The third-order valence-corrected chi connectivity index (χ3v) is 4.84. The minimum atomic E-state index is -4.56. The topological polar surface area (TPSA) is 61.4 Å². The van der Waals surface area contributed by atoms with Crippen LogP contribution >= 0.6 is 0 Å². The SMILES string of the molecule is O=S(=O)(NN1NC(C(F)(F)F)C=C1c1ccccc1)c1ccccc1. The molecule has 2 N–H and O–H groups in total. The van der Waals surface area contributed by atoms with E-state index in [4.69, 9.17) is 0 Å².